The minimum atomic E-state index is -3.15. The molecule has 19 heavy (non-hydrogen) atoms. The molecule has 0 aromatic carbocycles. The summed E-state index contributed by atoms with van der Waals surface area (Å²) in [7, 11) is -3.15. The number of sulfone groups is 1. The van der Waals surface area contributed by atoms with E-state index in [2.05, 4.69) is 15.6 Å². The van der Waals surface area contributed by atoms with Crippen molar-refractivity contribution in [2.24, 2.45) is 0 Å². The van der Waals surface area contributed by atoms with Crippen LogP contribution in [0.5, 0.6) is 0 Å². The number of urea groups is 1. The molecule has 0 spiro atoms. The fraction of sp³-hybridized carbons (Fsp3) is 0.600. The van der Waals surface area contributed by atoms with Gasteiger partial charge < -0.3 is 5.32 Å². The lowest BCUT2D eigenvalue weighted by atomic mass is 10.2. The molecule has 0 saturated carbocycles. The number of thiazole rings is 1. The number of hydrogen-bond acceptors (Lipinski definition) is 5. The molecule has 0 unspecified atom stereocenters. The van der Waals surface area contributed by atoms with E-state index in [0.717, 1.165) is 10.6 Å². The Kier molecular flexibility index (Phi) is 4.03. The van der Waals surface area contributed by atoms with E-state index in [1.807, 2.05) is 13.8 Å². The van der Waals surface area contributed by atoms with Gasteiger partial charge in [-0.2, -0.15) is 0 Å². The third kappa shape index (κ3) is 3.58. The number of amides is 2. The van der Waals surface area contributed by atoms with Gasteiger partial charge in [0.2, 0.25) is 0 Å². The Morgan fingerprint density at radius 3 is 2.58 bits per heavy atom. The molecule has 0 bridgehead atoms. The SMILES string of the molecule is Cc1nc(NC(=O)N[C@@H]2CS(=O)(=O)C[C@H]2Cl)sc1C. The third-order valence-corrected chi connectivity index (χ3v) is 6.21. The molecule has 9 heteroatoms. The van der Waals surface area contributed by atoms with E-state index in [1.165, 1.54) is 11.3 Å². The van der Waals surface area contributed by atoms with Crippen LogP contribution in [0.4, 0.5) is 9.93 Å². The van der Waals surface area contributed by atoms with E-state index in [4.69, 9.17) is 11.6 Å². The predicted octanol–water partition coefficient (Wildman–Crippen LogP) is 1.29. The zero-order valence-electron chi connectivity index (χ0n) is 10.4. The second-order valence-electron chi connectivity index (χ2n) is 4.46. The molecule has 1 aromatic rings. The quantitative estimate of drug-likeness (QED) is 0.803. The molecular weight excluding hydrogens is 310 g/mol. The molecule has 1 saturated heterocycles. The lowest BCUT2D eigenvalue weighted by Crippen LogP contribution is -2.42. The van der Waals surface area contributed by atoms with Crippen LogP contribution in [0.15, 0.2) is 0 Å². The van der Waals surface area contributed by atoms with E-state index < -0.39 is 27.3 Å². The summed E-state index contributed by atoms with van der Waals surface area (Å²) in [6.45, 7) is 3.77. The number of alkyl halides is 1. The van der Waals surface area contributed by atoms with E-state index in [9.17, 15) is 13.2 Å². The Morgan fingerprint density at radius 2 is 2.11 bits per heavy atom. The molecule has 2 rings (SSSR count). The lowest BCUT2D eigenvalue weighted by Gasteiger charge is -2.13. The Hall–Kier alpha value is -0.860. The molecule has 0 aliphatic carbocycles. The minimum Gasteiger partial charge on any atom is -0.333 e. The van der Waals surface area contributed by atoms with Crippen LogP contribution in [-0.4, -0.2) is 42.4 Å². The minimum absolute atomic E-state index is 0.102. The van der Waals surface area contributed by atoms with Crippen LogP contribution in [-0.2, 0) is 9.84 Å². The molecular formula is C10H14ClN3O3S2. The van der Waals surface area contributed by atoms with E-state index in [1.54, 1.807) is 0 Å². The van der Waals surface area contributed by atoms with Crippen molar-refractivity contribution in [3.8, 4) is 0 Å². The fourth-order valence-corrected chi connectivity index (χ4v) is 5.12. The van der Waals surface area contributed by atoms with E-state index in [-0.39, 0.29) is 11.5 Å². The molecule has 2 heterocycles. The average Bonchev–Trinajstić information content (AvgIpc) is 2.67. The monoisotopic (exact) mass is 323 g/mol. The Bertz CT molecular complexity index is 580. The smallest absolute Gasteiger partial charge is 0.321 e. The first kappa shape index (κ1) is 14.5. The number of nitrogens with one attached hydrogen (secondary N) is 2. The molecule has 1 aromatic heterocycles. The van der Waals surface area contributed by atoms with Gasteiger partial charge >= 0.3 is 6.03 Å². The molecule has 1 fully saturated rings. The van der Waals surface area contributed by atoms with Crippen LogP contribution in [0.25, 0.3) is 0 Å². The molecule has 2 N–H and O–H groups in total. The molecule has 1 aliphatic heterocycles. The number of aryl methyl sites for hydroxylation is 2. The van der Waals surface area contributed by atoms with Crippen molar-refractivity contribution in [1.29, 1.82) is 0 Å². The zero-order chi connectivity index (χ0) is 14.2. The Balaban J connectivity index is 1.95. The summed E-state index contributed by atoms with van der Waals surface area (Å²) in [5, 5.41) is 5.05. The molecule has 0 radical (unpaired) electrons. The van der Waals surface area contributed by atoms with Crippen LogP contribution >= 0.6 is 22.9 Å². The van der Waals surface area contributed by atoms with Crippen molar-refractivity contribution in [3.63, 3.8) is 0 Å². The van der Waals surface area contributed by atoms with Gasteiger partial charge in [0.1, 0.15) is 0 Å². The molecule has 2 amide bonds. The highest BCUT2D eigenvalue weighted by molar-refractivity contribution is 7.91. The number of hydrogen-bond donors (Lipinski definition) is 2. The zero-order valence-corrected chi connectivity index (χ0v) is 12.8. The standard InChI is InChI=1S/C10H14ClN3O3S2/c1-5-6(2)18-10(12-5)14-9(15)13-8-4-19(16,17)3-7(8)11/h7-8H,3-4H2,1-2H3,(H2,12,13,14,15)/t7-,8-/m1/s1. The van der Waals surface area contributed by atoms with Gasteiger partial charge in [-0.25, -0.2) is 18.2 Å². The first-order valence-electron chi connectivity index (χ1n) is 5.63. The van der Waals surface area contributed by atoms with Gasteiger partial charge in [0, 0.05) is 4.88 Å². The van der Waals surface area contributed by atoms with Crippen molar-refractivity contribution in [3.05, 3.63) is 10.6 Å². The van der Waals surface area contributed by atoms with Gasteiger partial charge in [0.25, 0.3) is 0 Å². The average molecular weight is 324 g/mol. The first-order valence-corrected chi connectivity index (χ1v) is 8.70. The lowest BCUT2D eigenvalue weighted by molar-refractivity contribution is 0.249. The van der Waals surface area contributed by atoms with Crippen molar-refractivity contribution in [1.82, 2.24) is 10.3 Å². The summed E-state index contributed by atoms with van der Waals surface area (Å²) in [5.41, 5.74) is 0.860. The summed E-state index contributed by atoms with van der Waals surface area (Å²) < 4.78 is 22.7. The molecule has 1 aliphatic rings. The highest BCUT2D eigenvalue weighted by Gasteiger charge is 2.37. The largest absolute Gasteiger partial charge is 0.333 e. The van der Waals surface area contributed by atoms with Crippen LogP contribution in [0.1, 0.15) is 10.6 Å². The highest BCUT2D eigenvalue weighted by atomic mass is 35.5. The summed E-state index contributed by atoms with van der Waals surface area (Å²) in [5.74, 6) is -0.223. The van der Waals surface area contributed by atoms with Crippen LogP contribution in [0.3, 0.4) is 0 Å². The summed E-state index contributed by atoms with van der Waals surface area (Å²) in [4.78, 5) is 16.9. The van der Waals surface area contributed by atoms with E-state index >= 15 is 0 Å². The van der Waals surface area contributed by atoms with Crippen molar-refractivity contribution in [2.45, 2.75) is 25.3 Å². The Labute approximate surface area is 120 Å². The maximum absolute atomic E-state index is 11.7. The number of rotatable bonds is 2. The number of carbonyl (C=O) groups is 1. The summed E-state index contributed by atoms with van der Waals surface area (Å²) in [6, 6.07) is -1.05. The second-order valence-corrected chi connectivity index (χ2v) is 8.38. The first-order chi connectivity index (χ1) is 8.77. The van der Waals surface area contributed by atoms with Crippen molar-refractivity contribution in [2.75, 3.05) is 16.8 Å². The number of anilines is 1. The summed E-state index contributed by atoms with van der Waals surface area (Å²) >= 11 is 7.27. The molecule has 106 valence electrons. The maximum Gasteiger partial charge on any atom is 0.321 e. The van der Waals surface area contributed by atoms with Gasteiger partial charge in [-0.15, -0.1) is 22.9 Å². The molecule has 2 atom stereocenters. The number of nitrogens with zero attached hydrogens (tertiary/aromatic N) is 1. The van der Waals surface area contributed by atoms with Crippen LogP contribution in [0.2, 0.25) is 0 Å². The van der Waals surface area contributed by atoms with Gasteiger partial charge in [-0.05, 0) is 13.8 Å². The fourth-order valence-electron chi connectivity index (χ4n) is 1.76. The summed E-state index contributed by atoms with van der Waals surface area (Å²) in [6.07, 6.45) is 0. The predicted molar refractivity (Wildman–Crippen MR) is 75.8 cm³/mol. The number of halogens is 1. The maximum atomic E-state index is 11.7. The molecule has 6 nitrogen and oxygen atoms in total. The number of aromatic nitrogens is 1. The third-order valence-electron chi connectivity index (χ3n) is 2.85. The van der Waals surface area contributed by atoms with Crippen LogP contribution < -0.4 is 10.6 Å². The Morgan fingerprint density at radius 1 is 1.42 bits per heavy atom. The van der Waals surface area contributed by atoms with Gasteiger partial charge in [-0.3, -0.25) is 5.32 Å². The topological polar surface area (TPSA) is 88.2 Å². The number of carbonyl (C=O) groups excluding carboxylic acids is 1. The van der Waals surface area contributed by atoms with Gasteiger partial charge in [0.05, 0.1) is 28.6 Å². The second kappa shape index (κ2) is 5.26. The highest BCUT2D eigenvalue weighted by Crippen LogP contribution is 2.21. The van der Waals surface area contributed by atoms with Gasteiger partial charge in [-0.1, -0.05) is 0 Å². The van der Waals surface area contributed by atoms with Gasteiger partial charge in [0.15, 0.2) is 15.0 Å². The van der Waals surface area contributed by atoms with Crippen LogP contribution in [0, 0.1) is 13.8 Å². The van der Waals surface area contributed by atoms with E-state index in [0.29, 0.717) is 5.13 Å². The van der Waals surface area contributed by atoms with Crippen molar-refractivity contribution < 1.29 is 13.2 Å². The van der Waals surface area contributed by atoms with Crippen molar-refractivity contribution >= 4 is 43.9 Å². The normalized spacial score (nSPS) is 25.2.